The highest BCUT2D eigenvalue weighted by molar-refractivity contribution is 8.00. The first kappa shape index (κ1) is 18.9. The highest BCUT2D eigenvalue weighted by Gasteiger charge is 2.07. The van der Waals surface area contributed by atoms with Crippen molar-refractivity contribution in [3.8, 4) is 0 Å². The van der Waals surface area contributed by atoms with Gasteiger partial charge in [0, 0.05) is 16.1 Å². The predicted molar refractivity (Wildman–Crippen MR) is 111 cm³/mol. The molecule has 3 aromatic carbocycles. The lowest BCUT2D eigenvalue weighted by Crippen LogP contribution is -2.14. The van der Waals surface area contributed by atoms with Crippen molar-refractivity contribution in [2.75, 3.05) is 11.1 Å². The summed E-state index contributed by atoms with van der Waals surface area (Å²) in [7, 11) is 0. The summed E-state index contributed by atoms with van der Waals surface area (Å²) >= 11 is 1.50. The predicted octanol–water partition coefficient (Wildman–Crippen LogP) is 5.15. The number of amides is 1. The van der Waals surface area contributed by atoms with Crippen LogP contribution < -0.4 is 5.32 Å². The molecule has 0 saturated heterocycles. The van der Waals surface area contributed by atoms with Crippen LogP contribution in [0.25, 0.3) is 0 Å². The van der Waals surface area contributed by atoms with E-state index in [1.165, 1.54) is 11.8 Å². The molecule has 3 aromatic rings. The van der Waals surface area contributed by atoms with E-state index < -0.39 is 0 Å². The number of carbonyl (C=O) groups is 2. The lowest BCUT2D eigenvalue weighted by Gasteiger charge is -2.07. The van der Waals surface area contributed by atoms with E-state index in [4.69, 9.17) is 0 Å². The van der Waals surface area contributed by atoms with Crippen LogP contribution in [-0.2, 0) is 11.2 Å². The second-order valence-electron chi connectivity index (χ2n) is 6.31. The molecular weight excluding hydrogens is 354 g/mol. The van der Waals surface area contributed by atoms with Crippen LogP contribution >= 0.6 is 11.8 Å². The molecule has 0 saturated carbocycles. The monoisotopic (exact) mass is 375 g/mol. The van der Waals surface area contributed by atoms with Gasteiger partial charge in [-0.05, 0) is 36.8 Å². The summed E-state index contributed by atoms with van der Waals surface area (Å²) in [5.41, 5.74) is 3.61. The van der Waals surface area contributed by atoms with Crippen molar-refractivity contribution < 1.29 is 9.59 Å². The Kier molecular flexibility index (Phi) is 6.44. The van der Waals surface area contributed by atoms with Crippen LogP contribution in [0.3, 0.4) is 0 Å². The molecule has 0 radical (unpaired) electrons. The van der Waals surface area contributed by atoms with Gasteiger partial charge in [0.1, 0.15) is 0 Å². The largest absolute Gasteiger partial charge is 0.326 e. The van der Waals surface area contributed by atoms with Gasteiger partial charge in [-0.15, -0.1) is 11.8 Å². The highest BCUT2D eigenvalue weighted by atomic mass is 32.2. The number of nitrogens with one attached hydrogen (secondary N) is 1. The van der Waals surface area contributed by atoms with Crippen molar-refractivity contribution >= 4 is 29.1 Å². The zero-order valence-corrected chi connectivity index (χ0v) is 16.0. The van der Waals surface area contributed by atoms with E-state index in [9.17, 15) is 9.59 Å². The Morgan fingerprint density at radius 3 is 2.19 bits per heavy atom. The fraction of sp³-hybridized carbons (Fsp3) is 0.130. The second kappa shape index (κ2) is 9.19. The van der Waals surface area contributed by atoms with Crippen LogP contribution in [0, 0.1) is 6.92 Å². The lowest BCUT2D eigenvalue weighted by molar-refractivity contribution is -0.115. The number of hydrogen-bond acceptors (Lipinski definition) is 3. The lowest BCUT2D eigenvalue weighted by atomic mass is 10.1. The van der Waals surface area contributed by atoms with Crippen LogP contribution in [0.4, 0.5) is 5.69 Å². The standard InChI is InChI=1S/C23H21NO2S/c1-17-7-9-19(10-8-17)22(25)16-27-21-13-11-20(12-14-21)24-23(26)15-18-5-3-2-4-6-18/h2-14H,15-16H2,1H3,(H,24,26). The summed E-state index contributed by atoms with van der Waals surface area (Å²) in [4.78, 5) is 25.3. The van der Waals surface area contributed by atoms with Crippen LogP contribution in [0.1, 0.15) is 21.5 Å². The van der Waals surface area contributed by atoms with E-state index in [0.29, 0.717) is 12.2 Å². The molecule has 0 fully saturated rings. The molecule has 0 aliphatic heterocycles. The van der Waals surface area contributed by atoms with Crippen molar-refractivity contribution in [3.05, 3.63) is 95.6 Å². The van der Waals surface area contributed by atoms with Gasteiger partial charge in [-0.25, -0.2) is 0 Å². The van der Waals surface area contributed by atoms with Crippen LogP contribution in [0.5, 0.6) is 0 Å². The van der Waals surface area contributed by atoms with E-state index >= 15 is 0 Å². The summed E-state index contributed by atoms with van der Waals surface area (Å²) < 4.78 is 0. The Balaban J connectivity index is 1.50. The van der Waals surface area contributed by atoms with E-state index in [1.54, 1.807) is 0 Å². The summed E-state index contributed by atoms with van der Waals surface area (Å²) in [6, 6.07) is 24.8. The van der Waals surface area contributed by atoms with Gasteiger partial charge in [0.25, 0.3) is 0 Å². The fourth-order valence-electron chi connectivity index (χ4n) is 2.59. The minimum atomic E-state index is -0.0452. The van der Waals surface area contributed by atoms with E-state index in [-0.39, 0.29) is 11.7 Å². The molecule has 0 unspecified atom stereocenters. The molecule has 27 heavy (non-hydrogen) atoms. The quantitative estimate of drug-likeness (QED) is 0.459. The second-order valence-corrected chi connectivity index (χ2v) is 7.36. The molecule has 0 heterocycles. The average Bonchev–Trinajstić information content (AvgIpc) is 2.68. The third kappa shape index (κ3) is 5.83. The zero-order valence-electron chi connectivity index (χ0n) is 15.1. The van der Waals surface area contributed by atoms with Gasteiger partial charge in [-0.2, -0.15) is 0 Å². The normalized spacial score (nSPS) is 10.4. The Morgan fingerprint density at radius 2 is 1.52 bits per heavy atom. The van der Waals surface area contributed by atoms with Crippen LogP contribution in [0.2, 0.25) is 0 Å². The molecule has 4 heteroatoms. The number of ketones is 1. The molecule has 0 bridgehead atoms. The molecule has 0 spiro atoms. The molecule has 0 aliphatic carbocycles. The molecule has 136 valence electrons. The van der Waals surface area contributed by atoms with E-state index in [1.807, 2.05) is 85.8 Å². The van der Waals surface area contributed by atoms with E-state index in [0.717, 1.165) is 27.3 Å². The first-order chi connectivity index (χ1) is 13.1. The summed E-state index contributed by atoms with van der Waals surface area (Å²) in [6.45, 7) is 2.00. The first-order valence-electron chi connectivity index (χ1n) is 8.77. The maximum Gasteiger partial charge on any atom is 0.228 e. The maximum atomic E-state index is 12.2. The molecular formula is C23H21NO2S. The summed E-state index contributed by atoms with van der Waals surface area (Å²) in [5.74, 6) is 0.458. The van der Waals surface area contributed by atoms with Gasteiger partial charge in [-0.1, -0.05) is 60.2 Å². The average molecular weight is 375 g/mol. The number of aryl methyl sites for hydroxylation is 1. The molecule has 3 nitrogen and oxygen atoms in total. The maximum absolute atomic E-state index is 12.2. The zero-order chi connectivity index (χ0) is 19.1. The number of rotatable bonds is 7. The van der Waals surface area contributed by atoms with Gasteiger partial charge in [-0.3, -0.25) is 9.59 Å². The topological polar surface area (TPSA) is 46.2 Å². The molecule has 1 N–H and O–H groups in total. The number of hydrogen-bond donors (Lipinski definition) is 1. The molecule has 0 atom stereocenters. The van der Waals surface area contributed by atoms with Crippen LogP contribution in [-0.4, -0.2) is 17.4 Å². The van der Waals surface area contributed by atoms with Crippen molar-refractivity contribution in [2.45, 2.75) is 18.2 Å². The van der Waals surface area contributed by atoms with Crippen molar-refractivity contribution in [2.24, 2.45) is 0 Å². The molecule has 1 amide bonds. The minimum absolute atomic E-state index is 0.0452. The molecule has 3 rings (SSSR count). The van der Waals surface area contributed by atoms with Gasteiger partial charge in [0.2, 0.25) is 5.91 Å². The SMILES string of the molecule is Cc1ccc(C(=O)CSc2ccc(NC(=O)Cc3ccccc3)cc2)cc1. The number of thioether (sulfide) groups is 1. The highest BCUT2D eigenvalue weighted by Crippen LogP contribution is 2.21. The van der Waals surface area contributed by atoms with Gasteiger partial charge < -0.3 is 5.32 Å². The van der Waals surface area contributed by atoms with Crippen molar-refractivity contribution in [3.63, 3.8) is 0 Å². The third-order valence-corrected chi connectivity index (χ3v) is 5.10. The van der Waals surface area contributed by atoms with Crippen LogP contribution in [0.15, 0.2) is 83.8 Å². The van der Waals surface area contributed by atoms with Gasteiger partial charge in [0.05, 0.1) is 12.2 Å². The molecule has 0 aliphatic rings. The Morgan fingerprint density at radius 1 is 0.852 bits per heavy atom. The Bertz CT molecular complexity index is 903. The smallest absolute Gasteiger partial charge is 0.228 e. The van der Waals surface area contributed by atoms with Gasteiger partial charge in [0.15, 0.2) is 5.78 Å². The van der Waals surface area contributed by atoms with Crippen molar-refractivity contribution in [1.29, 1.82) is 0 Å². The summed E-state index contributed by atoms with van der Waals surface area (Å²) in [6.07, 6.45) is 0.350. The third-order valence-electron chi connectivity index (χ3n) is 4.09. The first-order valence-corrected chi connectivity index (χ1v) is 9.75. The number of carbonyl (C=O) groups excluding carboxylic acids is 2. The van der Waals surface area contributed by atoms with E-state index in [2.05, 4.69) is 5.32 Å². The van der Waals surface area contributed by atoms with Gasteiger partial charge >= 0.3 is 0 Å². The number of benzene rings is 3. The Labute approximate surface area is 163 Å². The molecule has 0 aromatic heterocycles. The number of anilines is 1. The summed E-state index contributed by atoms with van der Waals surface area (Å²) in [5, 5.41) is 2.90. The minimum Gasteiger partial charge on any atom is -0.326 e. The van der Waals surface area contributed by atoms with Crippen molar-refractivity contribution in [1.82, 2.24) is 0 Å². The Hall–Kier alpha value is -2.85. The fourth-order valence-corrected chi connectivity index (χ4v) is 3.39. The number of Topliss-reactive ketones (excluding diaryl/α,β-unsaturated/α-hetero) is 1.